The van der Waals surface area contributed by atoms with Gasteiger partial charge in [-0.1, -0.05) is 43.7 Å². The highest BCUT2D eigenvalue weighted by atomic mass is 79.9. The molecule has 0 aliphatic heterocycles. The molecule has 4 aromatic rings. The molecule has 0 aliphatic carbocycles. The molecule has 7 nitrogen and oxygen atoms in total. The maximum Gasteiger partial charge on any atom is 0.336 e. The molecule has 0 radical (unpaired) electrons. The van der Waals surface area contributed by atoms with Crippen molar-refractivity contribution in [3.8, 4) is 11.3 Å². The van der Waals surface area contributed by atoms with Crippen molar-refractivity contribution in [2.24, 2.45) is 0 Å². The Morgan fingerprint density at radius 2 is 2.03 bits per heavy atom. The maximum atomic E-state index is 11.6. The van der Waals surface area contributed by atoms with Gasteiger partial charge < -0.3 is 9.52 Å². The van der Waals surface area contributed by atoms with E-state index in [9.17, 15) is 9.90 Å². The first-order chi connectivity index (χ1) is 14.1. The average molecular weight is 455 g/mol. The number of unbranched alkanes of at least 4 members (excludes halogenated alkanes) is 1. The molecule has 2 aromatic carbocycles. The van der Waals surface area contributed by atoms with Crippen LogP contribution in [0, 0.1) is 0 Å². The van der Waals surface area contributed by atoms with Crippen LogP contribution < -0.4 is 0 Å². The SMILES string of the molecule is CCCCc1nnnn1Cc1ccc2c(-c3ccccc3C(=O)O)oc(Br)c2c1. The van der Waals surface area contributed by atoms with Gasteiger partial charge in [0.25, 0.3) is 0 Å². The molecule has 0 fully saturated rings. The second kappa shape index (κ2) is 8.16. The lowest BCUT2D eigenvalue weighted by molar-refractivity contribution is 0.0697. The number of hydrogen-bond donors (Lipinski definition) is 1. The van der Waals surface area contributed by atoms with E-state index in [4.69, 9.17) is 4.42 Å². The molecule has 0 saturated heterocycles. The highest BCUT2D eigenvalue weighted by Gasteiger charge is 2.19. The topological polar surface area (TPSA) is 94.0 Å². The van der Waals surface area contributed by atoms with Gasteiger partial charge in [-0.25, -0.2) is 9.48 Å². The first-order valence-corrected chi connectivity index (χ1v) is 10.2. The number of rotatable bonds is 7. The molecule has 0 amide bonds. The van der Waals surface area contributed by atoms with Crippen molar-refractivity contribution in [3.63, 3.8) is 0 Å². The van der Waals surface area contributed by atoms with Crippen molar-refractivity contribution in [2.45, 2.75) is 32.7 Å². The smallest absolute Gasteiger partial charge is 0.336 e. The van der Waals surface area contributed by atoms with Crippen molar-refractivity contribution < 1.29 is 14.3 Å². The summed E-state index contributed by atoms with van der Waals surface area (Å²) < 4.78 is 8.29. The number of nitrogens with zero attached hydrogens (tertiary/aromatic N) is 4. The van der Waals surface area contributed by atoms with E-state index in [1.54, 1.807) is 24.3 Å². The first kappa shape index (κ1) is 19.3. The number of aryl methyl sites for hydroxylation is 1. The van der Waals surface area contributed by atoms with Gasteiger partial charge in [0.05, 0.1) is 12.1 Å². The molecular formula is C21H19BrN4O3. The van der Waals surface area contributed by atoms with Crippen molar-refractivity contribution >= 4 is 32.7 Å². The minimum atomic E-state index is -0.990. The molecule has 0 spiro atoms. The van der Waals surface area contributed by atoms with E-state index in [-0.39, 0.29) is 5.56 Å². The zero-order chi connectivity index (χ0) is 20.4. The van der Waals surface area contributed by atoms with Crippen LogP contribution >= 0.6 is 15.9 Å². The van der Waals surface area contributed by atoms with Crippen LogP contribution in [0.4, 0.5) is 0 Å². The maximum absolute atomic E-state index is 11.6. The number of tetrazole rings is 1. The van der Waals surface area contributed by atoms with Gasteiger partial charge >= 0.3 is 5.97 Å². The summed E-state index contributed by atoms with van der Waals surface area (Å²) in [7, 11) is 0. The molecule has 29 heavy (non-hydrogen) atoms. The number of carbonyl (C=O) groups is 1. The Morgan fingerprint density at radius 1 is 1.21 bits per heavy atom. The standard InChI is InChI=1S/C21H19BrN4O3/c1-2-3-8-18-23-24-25-26(18)12-13-9-10-15-17(11-13)20(22)29-19(15)14-6-4-5-7-16(14)21(27)28/h4-7,9-11H,2-3,8,12H2,1H3,(H,27,28). The average Bonchev–Trinajstić information content (AvgIpc) is 3.30. The van der Waals surface area contributed by atoms with Crippen LogP contribution in [0.5, 0.6) is 0 Å². The number of furan rings is 1. The highest BCUT2D eigenvalue weighted by molar-refractivity contribution is 9.10. The van der Waals surface area contributed by atoms with Crippen LogP contribution in [-0.2, 0) is 13.0 Å². The molecule has 148 valence electrons. The lowest BCUT2D eigenvalue weighted by Gasteiger charge is -2.06. The van der Waals surface area contributed by atoms with Crippen molar-refractivity contribution in [1.29, 1.82) is 0 Å². The van der Waals surface area contributed by atoms with Gasteiger partial charge in [0, 0.05) is 22.8 Å². The second-order valence-electron chi connectivity index (χ2n) is 6.79. The molecule has 0 unspecified atom stereocenters. The van der Waals surface area contributed by atoms with Crippen molar-refractivity contribution in [3.05, 3.63) is 64.1 Å². The van der Waals surface area contributed by atoms with Crippen LogP contribution in [0.2, 0.25) is 0 Å². The Hall–Kier alpha value is -3.00. The fraction of sp³-hybridized carbons (Fsp3) is 0.238. The van der Waals surface area contributed by atoms with E-state index in [1.165, 1.54) is 0 Å². The predicted molar refractivity (Wildman–Crippen MR) is 112 cm³/mol. The third kappa shape index (κ3) is 3.80. The molecule has 0 aliphatic rings. The number of halogens is 1. The van der Waals surface area contributed by atoms with E-state index in [2.05, 4.69) is 38.4 Å². The zero-order valence-corrected chi connectivity index (χ0v) is 17.4. The predicted octanol–water partition coefficient (Wildman–Crippen LogP) is 4.94. The third-order valence-electron chi connectivity index (χ3n) is 4.83. The first-order valence-electron chi connectivity index (χ1n) is 9.37. The summed E-state index contributed by atoms with van der Waals surface area (Å²) in [6.07, 6.45) is 2.97. The lowest BCUT2D eigenvalue weighted by atomic mass is 10.0. The molecule has 1 N–H and O–H groups in total. The molecule has 0 atom stereocenters. The minimum absolute atomic E-state index is 0.203. The quantitative estimate of drug-likeness (QED) is 0.424. The Bertz CT molecular complexity index is 1180. The number of aromatic nitrogens is 4. The second-order valence-corrected chi connectivity index (χ2v) is 7.51. The molecule has 2 heterocycles. The van der Waals surface area contributed by atoms with E-state index in [0.29, 0.717) is 22.5 Å². The highest BCUT2D eigenvalue weighted by Crippen LogP contribution is 2.38. The molecular weight excluding hydrogens is 436 g/mol. The van der Waals surface area contributed by atoms with Gasteiger partial charge in [-0.3, -0.25) is 0 Å². The zero-order valence-electron chi connectivity index (χ0n) is 15.8. The molecule has 0 saturated carbocycles. The Morgan fingerprint density at radius 3 is 2.83 bits per heavy atom. The summed E-state index contributed by atoms with van der Waals surface area (Å²) in [5.41, 5.74) is 1.78. The number of aromatic carboxylic acids is 1. The van der Waals surface area contributed by atoms with Gasteiger partial charge in [0.15, 0.2) is 10.5 Å². The van der Waals surface area contributed by atoms with Gasteiger partial charge in [-0.05, 0) is 50.5 Å². The van der Waals surface area contributed by atoms with E-state index < -0.39 is 5.97 Å². The van der Waals surface area contributed by atoms with Crippen LogP contribution in [-0.4, -0.2) is 31.3 Å². The van der Waals surface area contributed by atoms with Gasteiger partial charge in [-0.15, -0.1) is 5.10 Å². The van der Waals surface area contributed by atoms with Gasteiger partial charge in [0.2, 0.25) is 0 Å². The molecule has 8 heteroatoms. The number of fused-ring (bicyclic) bond motifs is 1. The Labute approximate surface area is 175 Å². The summed E-state index contributed by atoms with van der Waals surface area (Å²) in [5, 5.41) is 23.3. The van der Waals surface area contributed by atoms with Gasteiger partial charge in [0.1, 0.15) is 5.76 Å². The fourth-order valence-corrected chi connectivity index (χ4v) is 3.84. The largest absolute Gasteiger partial charge is 0.478 e. The number of carboxylic acid groups (broad SMARTS) is 1. The third-order valence-corrected chi connectivity index (χ3v) is 5.42. The molecule has 2 aromatic heterocycles. The Balaban J connectivity index is 1.72. The van der Waals surface area contributed by atoms with Gasteiger partial charge in [-0.2, -0.15) is 0 Å². The van der Waals surface area contributed by atoms with E-state index in [0.717, 1.165) is 41.4 Å². The molecule has 0 bridgehead atoms. The molecule has 4 rings (SSSR count). The monoisotopic (exact) mass is 454 g/mol. The number of carboxylic acids is 1. The fourth-order valence-electron chi connectivity index (χ4n) is 3.35. The van der Waals surface area contributed by atoms with Crippen LogP contribution in [0.15, 0.2) is 51.6 Å². The van der Waals surface area contributed by atoms with Crippen molar-refractivity contribution in [2.75, 3.05) is 0 Å². The lowest BCUT2D eigenvalue weighted by Crippen LogP contribution is -2.07. The minimum Gasteiger partial charge on any atom is -0.478 e. The summed E-state index contributed by atoms with van der Waals surface area (Å²) in [4.78, 5) is 11.6. The Kier molecular flexibility index (Phi) is 5.44. The number of benzene rings is 2. The summed E-state index contributed by atoms with van der Waals surface area (Å²) >= 11 is 3.48. The van der Waals surface area contributed by atoms with Crippen molar-refractivity contribution in [1.82, 2.24) is 20.2 Å². The normalized spacial score (nSPS) is 11.2. The van der Waals surface area contributed by atoms with E-state index in [1.807, 2.05) is 22.9 Å². The number of hydrogen-bond acceptors (Lipinski definition) is 5. The summed E-state index contributed by atoms with van der Waals surface area (Å²) in [6, 6.07) is 12.8. The van der Waals surface area contributed by atoms with Crippen LogP contribution in [0.1, 0.15) is 41.5 Å². The summed E-state index contributed by atoms with van der Waals surface area (Å²) in [5.74, 6) is 0.410. The van der Waals surface area contributed by atoms with Crippen LogP contribution in [0.3, 0.4) is 0 Å². The van der Waals surface area contributed by atoms with E-state index >= 15 is 0 Å². The summed E-state index contributed by atoms with van der Waals surface area (Å²) in [6.45, 7) is 2.69. The van der Waals surface area contributed by atoms with Crippen LogP contribution in [0.25, 0.3) is 22.1 Å².